The van der Waals surface area contributed by atoms with Gasteiger partial charge >= 0.3 is 0 Å². The maximum absolute atomic E-state index is 5.80. The van der Waals surface area contributed by atoms with Gasteiger partial charge < -0.3 is 14.2 Å². The molecule has 0 amide bonds. The van der Waals surface area contributed by atoms with Gasteiger partial charge in [0.15, 0.2) is 0 Å². The summed E-state index contributed by atoms with van der Waals surface area (Å²) >= 11 is 0. The van der Waals surface area contributed by atoms with Crippen LogP contribution < -0.4 is 0 Å². The summed E-state index contributed by atoms with van der Waals surface area (Å²) in [6, 6.07) is 20.2. The molecule has 0 aliphatic rings. The van der Waals surface area contributed by atoms with Gasteiger partial charge in [-0.1, -0.05) is 60.7 Å². The largest absolute Gasteiger partial charge is 0.375 e. The van der Waals surface area contributed by atoms with Crippen molar-refractivity contribution in [1.29, 1.82) is 0 Å². The summed E-state index contributed by atoms with van der Waals surface area (Å²) in [6.07, 6.45) is -0.112. The first-order chi connectivity index (χ1) is 10.3. The third-order valence-corrected chi connectivity index (χ3v) is 3.45. The highest BCUT2D eigenvalue weighted by atomic mass is 16.5. The Kier molecular flexibility index (Phi) is 6.41. The van der Waals surface area contributed by atoms with E-state index in [0.29, 0.717) is 13.2 Å². The second kappa shape index (κ2) is 8.57. The van der Waals surface area contributed by atoms with Crippen LogP contribution in [-0.2, 0) is 14.2 Å². The number of hydrogen-bond acceptors (Lipinski definition) is 3. The number of rotatable bonds is 8. The van der Waals surface area contributed by atoms with Crippen molar-refractivity contribution in [2.75, 3.05) is 27.4 Å². The van der Waals surface area contributed by atoms with Gasteiger partial charge in [0.05, 0.1) is 13.2 Å². The van der Waals surface area contributed by atoms with Gasteiger partial charge in [0.1, 0.15) is 12.2 Å². The second-order valence-electron chi connectivity index (χ2n) is 4.81. The van der Waals surface area contributed by atoms with Crippen LogP contribution >= 0.6 is 0 Å². The normalized spacial score (nSPS) is 13.8. The zero-order chi connectivity index (χ0) is 14.9. The summed E-state index contributed by atoms with van der Waals surface area (Å²) in [5.74, 6) is 0. The first kappa shape index (κ1) is 15.7. The minimum Gasteiger partial charge on any atom is -0.375 e. The molecule has 2 aromatic rings. The molecular weight excluding hydrogens is 264 g/mol. The summed E-state index contributed by atoms with van der Waals surface area (Å²) in [6.45, 7) is 1.01. The Labute approximate surface area is 126 Å². The molecule has 0 aromatic heterocycles. The highest BCUT2D eigenvalue weighted by molar-refractivity contribution is 5.18. The van der Waals surface area contributed by atoms with Gasteiger partial charge in [-0.05, 0) is 11.1 Å². The molecule has 2 atom stereocenters. The molecule has 0 bridgehead atoms. The molecular formula is C18H22O3. The van der Waals surface area contributed by atoms with E-state index in [1.165, 1.54) is 0 Å². The third-order valence-electron chi connectivity index (χ3n) is 3.45. The molecule has 0 aliphatic carbocycles. The van der Waals surface area contributed by atoms with E-state index in [9.17, 15) is 0 Å². The van der Waals surface area contributed by atoms with E-state index in [4.69, 9.17) is 14.2 Å². The summed E-state index contributed by atoms with van der Waals surface area (Å²) in [5.41, 5.74) is 2.24. The Balaban J connectivity index is 1.87. The van der Waals surface area contributed by atoms with Gasteiger partial charge in [0, 0.05) is 14.2 Å². The third kappa shape index (κ3) is 4.67. The van der Waals surface area contributed by atoms with Gasteiger partial charge in [-0.25, -0.2) is 0 Å². The minimum absolute atomic E-state index is 0.0560. The highest BCUT2D eigenvalue weighted by Crippen LogP contribution is 2.20. The molecule has 0 aliphatic heterocycles. The predicted molar refractivity (Wildman–Crippen MR) is 83.2 cm³/mol. The molecule has 0 fully saturated rings. The standard InChI is InChI=1S/C18H22O3/c1-19-17(15-9-5-3-6-10-15)13-21-14-18(20-2)16-11-7-4-8-12-16/h3-12,17-18H,13-14H2,1-2H3. The summed E-state index contributed by atoms with van der Waals surface area (Å²) in [7, 11) is 3.40. The molecule has 0 saturated heterocycles. The van der Waals surface area contributed by atoms with Crippen molar-refractivity contribution in [1.82, 2.24) is 0 Å². The van der Waals surface area contributed by atoms with Crippen molar-refractivity contribution in [2.24, 2.45) is 0 Å². The number of benzene rings is 2. The molecule has 112 valence electrons. The molecule has 3 heteroatoms. The van der Waals surface area contributed by atoms with Crippen molar-refractivity contribution >= 4 is 0 Å². The van der Waals surface area contributed by atoms with E-state index in [0.717, 1.165) is 11.1 Å². The van der Waals surface area contributed by atoms with Gasteiger partial charge in [-0.2, -0.15) is 0 Å². The molecule has 21 heavy (non-hydrogen) atoms. The van der Waals surface area contributed by atoms with E-state index in [-0.39, 0.29) is 12.2 Å². The lowest BCUT2D eigenvalue weighted by molar-refractivity contribution is -0.0368. The Morgan fingerprint density at radius 2 is 1.05 bits per heavy atom. The molecule has 0 heterocycles. The monoisotopic (exact) mass is 286 g/mol. The lowest BCUT2D eigenvalue weighted by Gasteiger charge is -2.19. The SMILES string of the molecule is COC(COCC(OC)c1ccccc1)c1ccccc1. The number of ether oxygens (including phenoxy) is 3. The van der Waals surface area contributed by atoms with Crippen molar-refractivity contribution in [3.05, 3.63) is 71.8 Å². The zero-order valence-corrected chi connectivity index (χ0v) is 12.6. The zero-order valence-electron chi connectivity index (χ0n) is 12.6. The number of hydrogen-bond donors (Lipinski definition) is 0. The van der Waals surface area contributed by atoms with Crippen LogP contribution in [0.1, 0.15) is 23.3 Å². The Bertz CT molecular complexity index is 451. The predicted octanol–water partition coefficient (Wildman–Crippen LogP) is 3.78. The van der Waals surface area contributed by atoms with E-state index in [1.807, 2.05) is 60.7 Å². The summed E-state index contributed by atoms with van der Waals surface area (Å²) in [4.78, 5) is 0. The average molecular weight is 286 g/mol. The van der Waals surface area contributed by atoms with Crippen LogP contribution in [0.25, 0.3) is 0 Å². The van der Waals surface area contributed by atoms with Crippen LogP contribution in [0.4, 0.5) is 0 Å². The van der Waals surface area contributed by atoms with E-state index in [2.05, 4.69) is 0 Å². The fourth-order valence-electron chi connectivity index (χ4n) is 2.22. The van der Waals surface area contributed by atoms with E-state index >= 15 is 0 Å². The van der Waals surface area contributed by atoms with Crippen LogP contribution in [0.5, 0.6) is 0 Å². The summed E-state index contributed by atoms with van der Waals surface area (Å²) < 4.78 is 16.8. The molecule has 0 spiro atoms. The van der Waals surface area contributed by atoms with Crippen LogP contribution in [0, 0.1) is 0 Å². The quantitative estimate of drug-likeness (QED) is 0.739. The smallest absolute Gasteiger partial charge is 0.105 e. The molecule has 0 radical (unpaired) electrons. The lowest BCUT2D eigenvalue weighted by Crippen LogP contribution is -2.15. The van der Waals surface area contributed by atoms with Gasteiger partial charge in [0.25, 0.3) is 0 Å². The topological polar surface area (TPSA) is 27.7 Å². The lowest BCUT2D eigenvalue weighted by atomic mass is 10.1. The molecule has 2 unspecified atom stereocenters. The van der Waals surface area contributed by atoms with Gasteiger partial charge in [-0.3, -0.25) is 0 Å². The fourth-order valence-corrected chi connectivity index (χ4v) is 2.22. The van der Waals surface area contributed by atoms with E-state index in [1.54, 1.807) is 14.2 Å². The Morgan fingerprint density at radius 3 is 1.38 bits per heavy atom. The molecule has 3 nitrogen and oxygen atoms in total. The average Bonchev–Trinajstić information content (AvgIpc) is 2.57. The van der Waals surface area contributed by atoms with Crippen molar-refractivity contribution in [3.63, 3.8) is 0 Å². The Morgan fingerprint density at radius 1 is 0.667 bits per heavy atom. The summed E-state index contributed by atoms with van der Waals surface area (Å²) in [5, 5.41) is 0. The molecule has 0 N–H and O–H groups in total. The van der Waals surface area contributed by atoms with Crippen LogP contribution in [0.3, 0.4) is 0 Å². The Hall–Kier alpha value is -1.68. The fraction of sp³-hybridized carbons (Fsp3) is 0.333. The minimum atomic E-state index is -0.0560. The van der Waals surface area contributed by atoms with Crippen molar-refractivity contribution in [2.45, 2.75) is 12.2 Å². The van der Waals surface area contributed by atoms with Crippen LogP contribution in [0.2, 0.25) is 0 Å². The maximum atomic E-state index is 5.80. The van der Waals surface area contributed by atoms with Crippen LogP contribution in [-0.4, -0.2) is 27.4 Å². The first-order valence-corrected chi connectivity index (χ1v) is 7.08. The van der Waals surface area contributed by atoms with Crippen molar-refractivity contribution in [3.8, 4) is 0 Å². The van der Waals surface area contributed by atoms with Gasteiger partial charge in [-0.15, -0.1) is 0 Å². The molecule has 0 saturated carbocycles. The second-order valence-corrected chi connectivity index (χ2v) is 4.81. The van der Waals surface area contributed by atoms with Crippen molar-refractivity contribution < 1.29 is 14.2 Å². The van der Waals surface area contributed by atoms with E-state index < -0.39 is 0 Å². The van der Waals surface area contributed by atoms with Gasteiger partial charge in [0.2, 0.25) is 0 Å². The first-order valence-electron chi connectivity index (χ1n) is 7.08. The van der Waals surface area contributed by atoms with Crippen LogP contribution in [0.15, 0.2) is 60.7 Å². The highest BCUT2D eigenvalue weighted by Gasteiger charge is 2.14. The molecule has 2 rings (SSSR count). The number of methoxy groups -OCH3 is 2. The molecule has 2 aromatic carbocycles. The maximum Gasteiger partial charge on any atom is 0.105 e.